The molecule has 5 heteroatoms. The predicted octanol–water partition coefficient (Wildman–Crippen LogP) is 4.07. The number of benzene rings is 1. The van der Waals surface area contributed by atoms with E-state index in [2.05, 4.69) is 5.92 Å². The Kier molecular flexibility index (Phi) is 6.84. The van der Waals surface area contributed by atoms with Crippen molar-refractivity contribution in [3.05, 3.63) is 59.0 Å². The Morgan fingerprint density at radius 1 is 1.11 bits per heavy atom. The molecule has 2 unspecified atom stereocenters. The minimum Gasteiger partial charge on any atom is -0.481 e. The lowest BCUT2D eigenvalue weighted by molar-refractivity contribution is -0.138. The van der Waals surface area contributed by atoms with Crippen molar-refractivity contribution in [3.63, 3.8) is 0 Å². The summed E-state index contributed by atoms with van der Waals surface area (Å²) in [5.41, 5.74) is 0.982. The molecule has 0 spiro atoms. The van der Waals surface area contributed by atoms with Gasteiger partial charge in [0, 0.05) is 6.42 Å². The maximum atomic E-state index is 12.2. The van der Waals surface area contributed by atoms with Gasteiger partial charge in [0.2, 0.25) is 0 Å². The first kappa shape index (κ1) is 20.3. The topological polar surface area (TPSA) is 76.7 Å². The zero-order valence-electron chi connectivity index (χ0n) is 15.8. The Morgan fingerprint density at radius 3 is 2.30 bits per heavy atom. The summed E-state index contributed by atoms with van der Waals surface area (Å²) < 4.78 is 11.0. The largest absolute Gasteiger partial charge is 0.481 e. The molecule has 1 aromatic carbocycles. The van der Waals surface area contributed by atoms with E-state index in [0.29, 0.717) is 29.1 Å². The van der Waals surface area contributed by atoms with E-state index < -0.39 is 17.9 Å². The van der Waals surface area contributed by atoms with Gasteiger partial charge < -0.3 is 14.3 Å². The lowest BCUT2D eigenvalue weighted by Crippen LogP contribution is -2.20. The van der Waals surface area contributed by atoms with Gasteiger partial charge in [-0.15, -0.1) is 6.42 Å². The highest BCUT2D eigenvalue weighted by Gasteiger charge is 2.23. The van der Waals surface area contributed by atoms with Crippen molar-refractivity contribution in [1.82, 2.24) is 0 Å². The number of furan rings is 1. The van der Waals surface area contributed by atoms with Crippen LogP contribution in [0.15, 0.2) is 40.8 Å². The molecule has 0 radical (unpaired) electrons. The summed E-state index contributed by atoms with van der Waals surface area (Å²) in [4.78, 5) is 23.9. The molecule has 27 heavy (non-hydrogen) atoms. The van der Waals surface area contributed by atoms with Gasteiger partial charge in [0.15, 0.2) is 0 Å². The highest BCUT2D eigenvalue weighted by molar-refractivity contribution is 5.89. The molecule has 0 aliphatic carbocycles. The SMILES string of the molecule is C#CCc1ccc(CC(C(=O)O)c2ccc(C(=O)OC(C)C(C)C)cc2)o1. The maximum Gasteiger partial charge on any atom is 0.338 e. The summed E-state index contributed by atoms with van der Waals surface area (Å²) >= 11 is 0. The van der Waals surface area contributed by atoms with Crippen LogP contribution in [0, 0.1) is 18.3 Å². The molecule has 1 N–H and O–H groups in total. The molecule has 1 heterocycles. The van der Waals surface area contributed by atoms with Crippen molar-refractivity contribution < 1.29 is 23.8 Å². The summed E-state index contributed by atoms with van der Waals surface area (Å²) in [5.74, 6) is 1.73. The molecule has 0 saturated carbocycles. The fourth-order valence-corrected chi connectivity index (χ4v) is 2.50. The summed E-state index contributed by atoms with van der Waals surface area (Å²) in [7, 11) is 0. The van der Waals surface area contributed by atoms with Gasteiger partial charge in [-0.05, 0) is 42.7 Å². The number of ether oxygens (including phenoxy) is 1. The number of hydrogen-bond donors (Lipinski definition) is 1. The molecule has 0 amide bonds. The van der Waals surface area contributed by atoms with E-state index in [1.54, 1.807) is 36.4 Å². The zero-order chi connectivity index (χ0) is 20.0. The molecule has 0 aliphatic rings. The van der Waals surface area contributed by atoms with E-state index in [-0.39, 0.29) is 18.4 Å². The fourth-order valence-electron chi connectivity index (χ4n) is 2.50. The number of terminal acetylenes is 1. The van der Waals surface area contributed by atoms with Crippen molar-refractivity contribution in [2.75, 3.05) is 0 Å². The van der Waals surface area contributed by atoms with Crippen LogP contribution in [0.3, 0.4) is 0 Å². The van der Waals surface area contributed by atoms with Crippen molar-refractivity contribution in [3.8, 4) is 12.3 Å². The van der Waals surface area contributed by atoms with Gasteiger partial charge in [0.1, 0.15) is 17.6 Å². The number of carbonyl (C=O) groups excluding carboxylic acids is 1. The Bertz CT molecular complexity index is 823. The number of rotatable bonds is 8. The second-order valence-corrected chi connectivity index (χ2v) is 6.82. The van der Waals surface area contributed by atoms with Crippen LogP contribution in [-0.2, 0) is 22.4 Å². The maximum absolute atomic E-state index is 12.2. The summed E-state index contributed by atoms with van der Waals surface area (Å²) in [6, 6.07) is 9.95. The molecule has 0 bridgehead atoms. The van der Waals surface area contributed by atoms with Gasteiger partial charge in [-0.1, -0.05) is 31.9 Å². The number of carboxylic acids is 1. The Hall–Kier alpha value is -3.00. The molecule has 1 aromatic heterocycles. The van der Waals surface area contributed by atoms with Crippen molar-refractivity contribution in [2.24, 2.45) is 5.92 Å². The molecule has 142 valence electrons. The highest BCUT2D eigenvalue weighted by Crippen LogP contribution is 2.24. The van der Waals surface area contributed by atoms with E-state index in [4.69, 9.17) is 15.6 Å². The van der Waals surface area contributed by atoms with Crippen LogP contribution in [0.5, 0.6) is 0 Å². The van der Waals surface area contributed by atoms with Crippen LogP contribution in [-0.4, -0.2) is 23.1 Å². The van der Waals surface area contributed by atoms with Gasteiger partial charge in [-0.3, -0.25) is 4.79 Å². The van der Waals surface area contributed by atoms with E-state index >= 15 is 0 Å². The number of esters is 1. The second-order valence-electron chi connectivity index (χ2n) is 6.82. The number of carboxylic acid groups (broad SMARTS) is 1. The summed E-state index contributed by atoms with van der Waals surface area (Å²) in [5, 5.41) is 9.59. The van der Waals surface area contributed by atoms with E-state index in [1.807, 2.05) is 20.8 Å². The van der Waals surface area contributed by atoms with Gasteiger partial charge >= 0.3 is 11.9 Å². The lowest BCUT2D eigenvalue weighted by atomic mass is 9.94. The van der Waals surface area contributed by atoms with Gasteiger partial charge in [-0.25, -0.2) is 4.79 Å². The minimum atomic E-state index is -0.964. The van der Waals surface area contributed by atoms with Crippen LogP contribution < -0.4 is 0 Å². The molecular weight excluding hydrogens is 344 g/mol. The smallest absolute Gasteiger partial charge is 0.338 e. The van der Waals surface area contributed by atoms with Crippen LogP contribution in [0.4, 0.5) is 0 Å². The first-order valence-corrected chi connectivity index (χ1v) is 8.86. The molecule has 5 nitrogen and oxygen atoms in total. The molecule has 2 aromatic rings. The number of hydrogen-bond acceptors (Lipinski definition) is 4. The Balaban J connectivity index is 2.12. The van der Waals surface area contributed by atoms with Crippen molar-refractivity contribution >= 4 is 11.9 Å². The fraction of sp³-hybridized carbons (Fsp3) is 0.364. The molecule has 0 fully saturated rings. The molecule has 2 rings (SSSR count). The van der Waals surface area contributed by atoms with E-state index in [0.717, 1.165) is 0 Å². The second kappa shape index (κ2) is 9.09. The quantitative estimate of drug-likeness (QED) is 0.561. The van der Waals surface area contributed by atoms with Gasteiger partial charge in [0.25, 0.3) is 0 Å². The average molecular weight is 368 g/mol. The summed E-state index contributed by atoms with van der Waals surface area (Å²) in [6.45, 7) is 5.79. The molecular formula is C22H24O5. The normalized spacial score (nSPS) is 13.0. The van der Waals surface area contributed by atoms with Gasteiger partial charge in [-0.2, -0.15) is 0 Å². The Morgan fingerprint density at radius 2 is 1.74 bits per heavy atom. The lowest BCUT2D eigenvalue weighted by Gasteiger charge is -2.17. The average Bonchev–Trinajstić information content (AvgIpc) is 3.07. The van der Waals surface area contributed by atoms with E-state index in [1.165, 1.54) is 0 Å². The molecule has 0 saturated heterocycles. The van der Waals surface area contributed by atoms with Crippen molar-refractivity contribution in [2.45, 2.75) is 45.6 Å². The number of carbonyl (C=O) groups is 2. The standard InChI is InChI=1S/C22H24O5/c1-5-6-18-11-12-19(27-18)13-20(21(23)24)16-7-9-17(10-8-16)22(25)26-15(4)14(2)3/h1,7-12,14-15,20H,6,13H2,2-4H3,(H,23,24). The first-order valence-electron chi connectivity index (χ1n) is 8.86. The third-order valence-corrected chi connectivity index (χ3v) is 4.48. The van der Waals surface area contributed by atoms with Gasteiger partial charge in [0.05, 0.1) is 17.9 Å². The van der Waals surface area contributed by atoms with Crippen LogP contribution in [0.2, 0.25) is 0 Å². The third-order valence-electron chi connectivity index (χ3n) is 4.48. The number of aliphatic carboxylic acids is 1. The zero-order valence-corrected chi connectivity index (χ0v) is 15.8. The summed E-state index contributed by atoms with van der Waals surface area (Å²) in [6.07, 6.45) is 5.63. The first-order chi connectivity index (χ1) is 12.8. The van der Waals surface area contributed by atoms with Crippen LogP contribution in [0.25, 0.3) is 0 Å². The highest BCUT2D eigenvalue weighted by atomic mass is 16.5. The van der Waals surface area contributed by atoms with E-state index in [9.17, 15) is 14.7 Å². The Labute approximate surface area is 159 Å². The van der Waals surface area contributed by atoms with Crippen LogP contribution >= 0.6 is 0 Å². The van der Waals surface area contributed by atoms with Crippen LogP contribution in [0.1, 0.15) is 54.1 Å². The molecule has 0 aliphatic heterocycles. The van der Waals surface area contributed by atoms with Crippen molar-refractivity contribution in [1.29, 1.82) is 0 Å². The predicted molar refractivity (Wildman–Crippen MR) is 101 cm³/mol. The molecule has 2 atom stereocenters. The minimum absolute atomic E-state index is 0.194. The third kappa shape index (κ3) is 5.49. The monoisotopic (exact) mass is 368 g/mol.